The predicted molar refractivity (Wildman–Crippen MR) is 57.0 cm³/mol. The van der Waals surface area contributed by atoms with E-state index in [-0.39, 0.29) is 11.3 Å². The largest absolute Gasteiger partial charge is 0.504 e. The van der Waals surface area contributed by atoms with Crippen LogP contribution in [0.4, 0.5) is 0 Å². The van der Waals surface area contributed by atoms with Crippen molar-refractivity contribution in [1.29, 1.82) is 0 Å². The number of ether oxygens (including phenoxy) is 1. The van der Waals surface area contributed by atoms with Crippen LogP contribution in [-0.4, -0.2) is 34.5 Å². The highest BCUT2D eigenvalue weighted by molar-refractivity contribution is 5.92. The first-order valence-corrected chi connectivity index (χ1v) is 4.77. The third kappa shape index (κ3) is 2.64. The summed E-state index contributed by atoms with van der Waals surface area (Å²) in [6.45, 7) is 1.60. The van der Waals surface area contributed by atoms with Gasteiger partial charge in [-0.25, -0.2) is 4.79 Å². The first-order valence-electron chi connectivity index (χ1n) is 4.77. The first kappa shape index (κ1) is 12.3. The number of hydrogen-bond donors (Lipinski definition) is 3. The Balaban J connectivity index is 3.23. The van der Waals surface area contributed by atoms with Crippen LogP contribution in [0.3, 0.4) is 0 Å². The van der Waals surface area contributed by atoms with Gasteiger partial charge in [0.15, 0.2) is 11.5 Å². The molecule has 1 aromatic rings. The lowest BCUT2D eigenvalue weighted by Gasteiger charge is -2.10. The van der Waals surface area contributed by atoms with Crippen molar-refractivity contribution in [1.82, 2.24) is 0 Å². The molecule has 5 nitrogen and oxygen atoms in total. The first-order chi connectivity index (χ1) is 7.45. The number of methoxy groups -OCH3 is 1. The lowest BCUT2D eigenvalue weighted by Crippen LogP contribution is -2.07. The monoisotopic (exact) mass is 226 g/mol. The SMILES string of the molecule is COc1cc(CC(C)O)cc(C(=O)O)c1O. The van der Waals surface area contributed by atoms with Crippen molar-refractivity contribution < 1.29 is 24.9 Å². The van der Waals surface area contributed by atoms with Gasteiger partial charge >= 0.3 is 5.97 Å². The van der Waals surface area contributed by atoms with Crippen LogP contribution in [0.2, 0.25) is 0 Å². The minimum absolute atomic E-state index is 0.0931. The van der Waals surface area contributed by atoms with Crippen molar-refractivity contribution in [3.05, 3.63) is 23.3 Å². The third-order valence-corrected chi connectivity index (χ3v) is 2.12. The molecule has 0 aliphatic rings. The van der Waals surface area contributed by atoms with Crippen molar-refractivity contribution in [3.8, 4) is 11.5 Å². The van der Waals surface area contributed by atoms with Gasteiger partial charge in [-0.05, 0) is 31.0 Å². The molecule has 1 aromatic carbocycles. The topological polar surface area (TPSA) is 87.0 Å². The second kappa shape index (κ2) is 4.85. The van der Waals surface area contributed by atoms with E-state index in [9.17, 15) is 15.0 Å². The van der Waals surface area contributed by atoms with E-state index in [0.29, 0.717) is 12.0 Å². The molecule has 1 atom stereocenters. The Kier molecular flexibility index (Phi) is 3.73. The lowest BCUT2D eigenvalue weighted by atomic mass is 10.0. The van der Waals surface area contributed by atoms with Crippen molar-refractivity contribution in [2.75, 3.05) is 7.11 Å². The summed E-state index contributed by atoms with van der Waals surface area (Å²) in [5.41, 5.74) is 0.372. The molecule has 0 aliphatic heterocycles. The van der Waals surface area contributed by atoms with Gasteiger partial charge in [-0.1, -0.05) is 0 Å². The summed E-state index contributed by atoms with van der Waals surface area (Å²) in [7, 11) is 1.34. The molecular weight excluding hydrogens is 212 g/mol. The normalized spacial score (nSPS) is 12.2. The predicted octanol–water partition coefficient (Wildman–Crippen LogP) is 1.02. The highest BCUT2D eigenvalue weighted by atomic mass is 16.5. The fourth-order valence-corrected chi connectivity index (χ4v) is 1.44. The van der Waals surface area contributed by atoms with Gasteiger partial charge in [0, 0.05) is 0 Å². The number of carboxylic acid groups (broad SMARTS) is 1. The molecular formula is C11H14O5. The molecule has 3 N–H and O–H groups in total. The second-order valence-electron chi connectivity index (χ2n) is 3.55. The summed E-state index contributed by atoms with van der Waals surface area (Å²) in [6.07, 6.45) is -0.285. The van der Waals surface area contributed by atoms with Crippen LogP contribution in [0.25, 0.3) is 0 Å². The van der Waals surface area contributed by atoms with Gasteiger partial charge < -0.3 is 20.1 Å². The van der Waals surface area contributed by atoms with E-state index >= 15 is 0 Å². The number of hydrogen-bond acceptors (Lipinski definition) is 4. The van der Waals surface area contributed by atoms with Crippen LogP contribution in [0.5, 0.6) is 11.5 Å². The van der Waals surface area contributed by atoms with Gasteiger partial charge in [0.25, 0.3) is 0 Å². The lowest BCUT2D eigenvalue weighted by molar-refractivity contribution is 0.0692. The molecule has 0 spiro atoms. The number of carboxylic acids is 1. The third-order valence-electron chi connectivity index (χ3n) is 2.12. The van der Waals surface area contributed by atoms with Gasteiger partial charge in [-0.3, -0.25) is 0 Å². The standard InChI is InChI=1S/C11H14O5/c1-6(12)3-7-4-8(11(14)15)10(13)9(5-7)16-2/h4-6,12-13H,3H2,1-2H3,(H,14,15). The molecule has 0 aromatic heterocycles. The summed E-state index contributed by atoms with van der Waals surface area (Å²) in [5, 5.41) is 27.6. The van der Waals surface area contributed by atoms with E-state index in [1.54, 1.807) is 6.92 Å². The molecule has 0 amide bonds. The Labute approximate surface area is 92.9 Å². The number of aliphatic hydroxyl groups is 1. The van der Waals surface area contributed by atoms with E-state index in [4.69, 9.17) is 9.84 Å². The Morgan fingerprint density at radius 3 is 2.56 bits per heavy atom. The quantitative estimate of drug-likeness (QED) is 0.713. The smallest absolute Gasteiger partial charge is 0.339 e. The van der Waals surface area contributed by atoms with Crippen LogP contribution in [-0.2, 0) is 6.42 Å². The summed E-state index contributed by atoms with van der Waals surface area (Å²) in [6, 6.07) is 2.83. The fraction of sp³-hybridized carbons (Fsp3) is 0.364. The molecule has 16 heavy (non-hydrogen) atoms. The molecule has 1 unspecified atom stereocenters. The molecule has 0 radical (unpaired) electrons. The number of phenols is 1. The van der Waals surface area contributed by atoms with E-state index in [1.807, 2.05) is 0 Å². The van der Waals surface area contributed by atoms with Gasteiger partial charge in [0.1, 0.15) is 5.56 Å². The second-order valence-corrected chi connectivity index (χ2v) is 3.55. The summed E-state index contributed by atoms with van der Waals surface area (Å²) in [5.74, 6) is -1.54. The van der Waals surface area contributed by atoms with Crippen LogP contribution in [0.15, 0.2) is 12.1 Å². The summed E-state index contributed by atoms with van der Waals surface area (Å²) in [4.78, 5) is 10.8. The van der Waals surface area contributed by atoms with E-state index in [2.05, 4.69) is 0 Å². The minimum Gasteiger partial charge on any atom is -0.504 e. The number of benzene rings is 1. The zero-order chi connectivity index (χ0) is 12.3. The average molecular weight is 226 g/mol. The molecule has 0 bridgehead atoms. The van der Waals surface area contributed by atoms with Crippen molar-refractivity contribution in [2.45, 2.75) is 19.4 Å². The number of carbonyl (C=O) groups is 1. The van der Waals surface area contributed by atoms with E-state index < -0.39 is 17.8 Å². The molecule has 0 saturated heterocycles. The van der Waals surface area contributed by atoms with Gasteiger partial charge in [-0.2, -0.15) is 0 Å². The van der Waals surface area contributed by atoms with Crippen LogP contribution in [0, 0.1) is 0 Å². The molecule has 0 saturated carbocycles. The van der Waals surface area contributed by atoms with Crippen molar-refractivity contribution >= 4 is 5.97 Å². The maximum Gasteiger partial charge on any atom is 0.339 e. The van der Waals surface area contributed by atoms with Crippen molar-refractivity contribution in [3.63, 3.8) is 0 Å². The Morgan fingerprint density at radius 2 is 2.12 bits per heavy atom. The zero-order valence-electron chi connectivity index (χ0n) is 9.10. The van der Waals surface area contributed by atoms with E-state index in [0.717, 1.165) is 0 Å². The van der Waals surface area contributed by atoms with Gasteiger partial charge in [0.2, 0.25) is 0 Å². The van der Waals surface area contributed by atoms with Crippen LogP contribution >= 0.6 is 0 Å². The summed E-state index contributed by atoms with van der Waals surface area (Å²) >= 11 is 0. The Morgan fingerprint density at radius 1 is 1.50 bits per heavy atom. The molecule has 1 rings (SSSR count). The fourth-order valence-electron chi connectivity index (χ4n) is 1.44. The molecule has 0 heterocycles. The number of aromatic hydroxyl groups is 1. The van der Waals surface area contributed by atoms with Crippen LogP contribution in [0.1, 0.15) is 22.8 Å². The highest BCUT2D eigenvalue weighted by Gasteiger charge is 2.16. The molecule has 0 aliphatic carbocycles. The highest BCUT2D eigenvalue weighted by Crippen LogP contribution is 2.31. The maximum atomic E-state index is 10.8. The Hall–Kier alpha value is -1.75. The van der Waals surface area contributed by atoms with Gasteiger partial charge in [0.05, 0.1) is 13.2 Å². The maximum absolute atomic E-state index is 10.8. The Bertz CT molecular complexity index is 398. The zero-order valence-corrected chi connectivity index (χ0v) is 9.10. The molecule has 5 heteroatoms. The van der Waals surface area contributed by atoms with Gasteiger partial charge in [-0.15, -0.1) is 0 Å². The van der Waals surface area contributed by atoms with E-state index in [1.165, 1.54) is 19.2 Å². The minimum atomic E-state index is -1.23. The number of rotatable bonds is 4. The van der Waals surface area contributed by atoms with Crippen LogP contribution < -0.4 is 4.74 Å². The summed E-state index contributed by atoms with van der Waals surface area (Å²) < 4.78 is 4.86. The van der Waals surface area contributed by atoms with Crippen molar-refractivity contribution in [2.24, 2.45) is 0 Å². The number of aliphatic hydroxyl groups excluding tert-OH is 1. The molecule has 88 valence electrons. The number of aromatic carboxylic acids is 1. The molecule has 0 fully saturated rings. The average Bonchev–Trinajstić information content (AvgIpc) is 2.19.